The van der Waals surface area contributed by atoms with Gasteiger partial charge in [-0.15, -0.1) is 22.7 Å². The molecule has 3 rings (SSSR count). The van der Waals surface area contributed by atoms with Crippen molar-refractivity contribution in [2.45, 2.75) is 45.7 Å². The van der Waals surface area contributed by atoms with E-state index in [9.17, 15) is 0 Å². The van der Waals surface area contributed by atoms with Crippen molar-refractivity contribution in [2.24, 2.45) is 4.99 Å². The highest BCUT2D eigenvalue weighted by Gasteiger charge is 2.21. The van der Waals surface area contributed by atoms with Crippen molar-refractivity contribution in [1.29, 1.82) is 0 Å². The zero-order valence-corrected chi connectivity index (χ0v) is 17.6. The van der Waals surface area contributed by atoms with Crippen molar-refractivity contribution in [2.75, 3.05) is 26.7 Å². The molecular weight excluding hydrogens is 362 g/mol. The van der Waals surface area contributed by atoms with Crippen LogP contribution in [0, 0.1) is 0 Å². The minimum absolute atomic E-state index is 0.479. The molecule has 1 atom stereocenters. The number of thiophene rings is 1. The first-order valence-corrected chi connectivity index (χ1v) is 11.1. The summed E-state index contributed by atoms with van der Waals surface area (Å²) in [7, 11) is 1.83. The number of guanidine groups is 1. The fraction of sp³-hybridized carbons (Fsp3) is 0.579. The van der Waals surface area contributed by atoms with Crippen LogP contribution in [0.15, 0.2) is 22.6 Å². The summed E-state index contributed by atoms with van der Waals surface area (Å²) in [5, 5.41) is 10.3. The van der Waals surface area contributed by atoms with Crippen molar-refractivity contribution in [3.63, 3.8) is 0 Å². The number of hydrogen-bond donors (Lipinski definition) is 2. The van der Waals surface area contributed by atoms with E-state index in [1.807, 2.05) is 35.9 Å². The highest BCUT2D eigenvalue weighted by molar-refractivity contribution is 7.11. The van der Waals surface area contributed by atoms with E-state index in [-0.39, 0.29) is 0 Å². The van der Waals surface area contributed by atoms with Gasteiger partial charge in [0.2, 0.25) is 0 Å². The van der Waals surface area contributed by atoms with Crippen LogP contribution in [0.4, 0.5) is 0 Å². The molecular formula is C19H29N5S2. The zero-order chi connectivity index (χ0) is 18.4. The predicted molar refractivity (Wildman–Crippen MR) is 112 cm³/mol. The fourth-order valence-corrected chi connectivity index (χ4v) is 4.91. The van der Waals surface area contributed by atoms with Gasteiger partial charge in [-0.25, -0.2) is 4.98 Å². The first-order chi connectivity index (χ1) is 12.7. The van der Waals surface area contributed by atoms with E-state index < -0.39 is 0 Å². The average molecular weight is 392 g/mol. The summed E-state index contributed by atoms with van der Waals surface area (Å²) in [4.78, 5) is 14.3. The number of aliphatic imine (C=N–C) groups is 1. The van der Waals surface area contributed by atoms with Crippen LogP contribution in [0.1, 0.15) is 34.2 Å². The minimum Gasteiger partial charge on any atom is -0.356 e. The molecule has 0 spiro atoms. The van der Waals surface area contributed by atoms with Crippen LogP contribution in [0.5, 0.6) is 0 Å². The van der Waals surface area contributed by atoms with Gasteiger partial charge in [0, 0.05) is 61.6 Å². The van der Waals surface area contributed by atoms with Gasteiger partial charge in [0.05, 0.1) is 5.01 Å². The Balaban J connectivity index is 1.39. The maximum atomic E-state index is 4.47. The molecule has 26 heavy (non-hydrogen) atoms. The molecule has 5 nitrogen and oxygen atoms in total. The van der Waals surface area contributed by atoms with Crippen molar-refractivity contribution in [1.82, 2.24) is 20.5 Å². The second-order valence-electron chi connectivity index (χ2n) is 6.64. The molecule has 0 amide bonds. The summed E-state index contributed by atoms with van der Waals surface area (Å²) in [6.07, 6.45) is 5.17. The molecule has 2 N–H and O–H groups in total. The molecule has 0 radical (unpaired) electrons. The lowest BCUT2D eigenvalue weighted by Gasteiger charge is -2.32. The largest absolute Gasteiger partial charge is 0.356 e. The number of aromatic nitrogens is 1. The third kappa shape index (κ3) is 5.05. The summed E-state index contributed by atoms with van der Waals surface area (Å²) in [5.74, 6) is 0.873. The lowest BCUT2D eigenvalue weighted by atomic mass is 10.1. The predicted octanol–water partition coefficient (Wildman–Crippen LogP) is 2.92. The Morgan fingerprint density at radius 2 is 2.31 bits per heavy atom. The molecule has 0 aliphatic carbocycles. The number of aryl methyl sites for hydroxylation is 1. The fourth-order valence-electron chi connectivity index (χ4n) is 3.16. The number of fused-ring (bicyclic) bond motifs is 1. The molecule has 1 aliphatic rings. The Kier molecular flexibility index (Phi) is 7.05. The average Bonchev–Trinajstić information content (AvgIpc) is 3.32. The monoisotopic (exact) mass is 391 g/mol. The molecule has 2 aromatic rings. The van der Waals surface area contributed by atoms with Crippen LogP contribution in [0.3, 0.4) is 0 Å². The highest BCUT2D eigenvalue weighted by Crippen LogP contribution is 2.24. The normalized spacial score (nSPS) is 16.3. The minimum atomic E-state index is 0.479. The van der Waals surface area contributed by atoms with Gasteiger partial charge in [-0.2, -0.15) is 0 Å². The molecule has 0 saturated heterocycles. The van der Waals surface area contributed by atoms with E-state index in [1.165, 1.54) is 21.9 Å². The SMILES string of the molecule is CCc1cnc(CCNC(=NC)NCC(C)N2CCc3sccc3C2)s1. The maximum Gasteiger partial charge on any atom is 0.191 e. The Morgan fingerprint density at radius 1 is 1.42 bits per heavy atom. The van der Waals surface area contributed by atoms with Crippen LogP contribution in [0.2, 0.25) is 0 Å². The van der Waals surface area contributed by atoms with Crippen LogP contribution in [0.25, 0.3) is 0 Å². The molecule has 142 valence electrons. The van der Waals surface area contributed by atoms with Crippen LogP contribution < -0.4 is 10.6 Å². The maximum absolute atomic E-state index is 4.47. The van der Waals surface area contributed by atoms with Gasteiger partial charge >= 0.3 is 0 Å². The highest BCUT2D eigenvalue weighted by atomic mass is 32.1. The van der Waals surface area contributed by atoms with Gasteiger partial charge in [0.15, 0.2) is 5.96 Å². The lowest BCUT2D eigenvalue weighted by Crippen LogP contribution is -2.47. The number of nitrogens with zero attached hydrogens (tertiary/aromatic N) is 3. The second-order valence-corrected chi connectivity index (χ2v) is 8.84. The van der Waals surface area contributed by atoms with Crippen molar-refractivity contribution >= 4 is 28.6 Å². The third-order valence-electron chi connectivity index (χ3n) is 4.83. The van der Waals surface area contributed by atoms with E-state index in [0.717, 1.165) is 45.0 Å². The van der Waals surface area contributed by atoms with Gasteiger partial charge in [-0.3, -0.25) is 9.89 Å². The number of thiazole rings is 1. The van der Waals surface area contributed by atoms with E-state index in [0.29, 0.717) is 6.04 Å². The number of rotatable bonds is 7. The Hall–Kier alpha value is -1.44. The summed E-state index contributed by atoms with van der Waals surface area (Å²) in [6, 6.07) is 2.75. The van der Waals surface area contributed by atoms with E-state index in [4.69, 9.17) is 0 Å². The quantitative estimate of drug-likeness (QED) is 0.563. The summed E-state index contributed by atoms with van der Waals surface area (Å²) >= 11 is 3.70. The number of nitrogens with one attached hydrogen (secondary N) is 2. The van der Waals surface area contributed by atoms with E-state index >= 15 is 0 Å². The van der Waals surface area contributed by atoms with Gasteiger partial charge in [-0.05, 0) is 36.8 Å². The molecule has 0 fully saturated rings. The topological polar surface area (TPSA) is 52.6 Å². The molecule has 7 heteroatoms. The molecule has 1 aliphatic heterocycles. The van der Waals surface area contributed by atoms with Crippen LogP contribution in [-0.4, -0.2) is 48.6 Å². The van der Waals surface area contributed by atoms with Crippen LogP contribution in [-0.2, 0) is 25.8 Å². The van der Waals surface area contributed by atoms with Crippen molar-refractivity contribution < 1.29 is 0 Å². The summed E-state index contributed by atoms with van der Waals surface area (Å²) in [6.45, 7) is 8.43. The Labute approximate surface area is 164 Å². The van der Waals surface area contributed by atoms with Gasteiger partial charge in [-0.1, -0.05) is 6.92 Å². The lowest BCUT2D eigenvalue weighted by molar-refractivity contribution is 0.192. The summed E-state index contributed by atoms with van der Waals surface area (Å²) in [5.41, 5.74) is 1.51. The van der Waals surface area contributed by atoms with Crippen molar-refractivity contribution in [3.05, 3.63) is 38.0 Å². The number of hydrogen-bond acceptors (Lipinski definition) is 5. The van der Waals surface area contributed by atoms with Crippen LogP contribution >= 0.6 is 22.7 Å². The smallest absolute Gasteiger partial charge is 0.191 e. The van der Waals surface area contributed by atoms with E-state index in [1.54, 1.807) is 4.88 Å². The van der Waals surface area contributed by atoms with Gasteiger partial charge in [0.1, 0.15) is 0 Å². The molecule has 1 unspecified atom stereocenters. The molecule has 3 heterocycles. The molecule has 2 aromatic heterocycles. The zero-order valence-electron chi connectivity index (χ0n) is 15.9. The Morgan fingerprint density at radius 3 is 3.08 bits per heavy atom. The van der Waals surface area contributed by atoms with E-state index in [2.05, 4.69) is 50.8 Å². The molecule has 0 bridgehead atoms. The first kappa shape index (κ1) is 19.3. The Bertz CT molecular complexity index is 721. The van der Waals surface area contributed by atoms with Gasteiger partial charge in [0.25, 0.3) is 0 Å². The van der Waals surface area contributed by atoms with Crippen molar-refractivity contribution in [3.8, 4) is 0 Å². The second kappa shape index (κ2) is 9.48. The van der Waals surface area contributed by atoms with Gasteiger partial charge < -0.3 is 10.6 Å². The summed E-state index contributed by atoms with van der Waals surface area (Å²) < 4.78 is 0. The molecule has 0 aromatic carbocycles. The first-order valence-electron chi connectivity index (χ1n) is 9.37. The third-order valence-corrected chi connectivity index (χ3v) is 7.05. The standard InChI is InChI=1S/C19H29N5S2/c1-4-16-12-22-18(26-16)5-8-21-19(20-3)23-11-14(2)24-9-6-17-15(13-24)7-10-25-17/h7,10,12,14H,4-6,8-9,11,13H2,1-3H3,(H2,20,21,23). The molecule has 0 saturated carbocycles.